The SMILES string of the molecule is CC[C@H](CO)NC(=O)Nc1ccc(OC(F)(F)F)cc1. The lowest BCUT2D eigenvalue weighted by Crippen LogP contribution is -2.39. The molecule has 0 bridgehead atoms. The van der Waals surface area contributed by atoms with E-state index in [4.69, 9.17) is 5.11 Å². The number of halogens is 3. The minimum absolute atomic E-state index is 0.192. The monoisotopic (exact) mass is 292 g/mol. The highest BCUT2D eigenvalue weighted by Crippen LogP contribution is 2.23. The van der Waals surface area contributed by atoms with E-state index in [0.29, 0.717) is 12.1 Å². The van der Waals surface area contributed by atoms with Crippen LogP contribution in [0.5, 0.6) is 5.75 Å². The van der Waals surface area contributed by atoms with E-state index < -0.39 is 12.4 Å². The number of carbonyl (C=O) groups is 1. The molecule has 0 unspecified atom stereocenters. The average Bonchev–Trinajstić information content (AvgIpc) is 2.36. The molecule has 3 N–H and O–H groups in total. The molecule has 0 saturated carbocycles. The van der Waals surface area contributed by atoms with Crippen LogP contribution in [0.25, 0.3) is 0 Å². The molecule has 8 heteroatoms. The Balaban J connectivity index is 2.55. The Morgan fingerprint density at radius 2 is 1.95 bits per heavy atom. The summed E-state index contributed by atoms with van der Waals surface area (Å²) in [5.41, 5.74) is 0.310. The van der Waals surface area contributed by atoms with Crippen molar-refractivity contribution >= 4 is 11.7 Å². The van der Waals surface area contributed by atoms with Gasteiger partial charge in [-0.25, -0.2) is 4.79 Å². The van der Waals surface area contributed by atoms with Crippen LogP contribution in [0.15, 0.2) is 24.3 Å². The van der Waals surface area contributed by atoms with Gasteiger partial charge in [0.2, 0.25) is 0 Å². The van der Waals surface area contributed by atoms with Crippen molar-refractivity contribution in [3.8, 4) is 5.75 Å². The molecule has 0 aromatic heterocycles. The van der Waals surface area contributed by atoms with Gasteiger partial charge in [-0.1, -0.05) is 6.92 Å². The highest BCUT2D eigenvalue weighted by atomic mass is 19.4. The zero-order chi connectivity index (χ0) is 15.2. The van der Waals surface area contributed by atoms with Crippen LogP contribution in [0.1, 0.15) is 13.3 Å². The molecule has 5 nitrogen and oxygen atoms in total. The van der Waals surface area contributed by atoms with Crippen LogP contribution in [0, 0.1) is 0 Å². The predicted octanol–water partition coefficient (Wildman–Crippen LogP) is 2.48. The molecule has 2 amide bonds. The van der Waals surface area contributed by atoms with Crippen molar-refractivity contribution in [3.63, 3.8) is 0 Å². The van der Waals surface area contributed by atoms with Crippen LogP contribution < -0.4 is 15.4 Å². The maximum atomic E-state index is 11.9. The molecule has 0 aliphatic rings. The van der Waals surface area contributed by atoms with E-state index in [0.717, 1.165) is 12.1 Å². The van der Waals surface area contributed by atoms with Crippen molar-refractivity contribution in [2.45, 2.75) is 25.7 Å². The van der Waals surface area contributed by atoms with E-state index >= 15 is 0 Å². The van der Waals surface area contributed by atoms with Crippen LogP contribution in [-0.4, -0.2) is 30.1 Å². The molecule has 112 valence electrons. The minimum Gasteiger partial charge on any atom is -0.406 e. The Bertz CT molecular complexity index is 431. The summed E-state index contributed by atoms with van der Waals surface area (Å²) in [6.07, 6.45) is -4.19. The second-order valence-electron chi connectivity index (χ2n) is 3.96. The summed E-state index contributed by atoms with van der Waals surface area (Å²) >= 11 is 0. The zero-order valence-corrected chi connectivity index (χ0v) is 10.7. The van der Waals surface area contributed by atoms with Crippen molar-refractivity contribution in [2.24, 2.45) is 0 Å². The highest BCUT2D eigenvalue weighted by Gasteiger charge is 2.30. The fraction of sp³-hybridized carbons (Fsp3) is 0.417. The van der Waals surface area contributed by atoms with Gasteiger partial charge in [-0.05, 0) is 30.7 Å². The van der Waals surface area contributed by atoms with Crippen molar-refractivity contribution in [1.29, 1.82) is 0 Å². The summed E-state index contributed by atoms with van der Waals surface area (Å²) in [7, 11) is 0. The number of hydrogen-bond acceptors (Lipinski definition) is 3. The number of alkyl halides is 3. The molecule has 1 aromatic rings. The first kappa shape index (κ1) is 16.1. The first-order valence-electron chi connectivity index (χ1n) is 5.88. The van der Waals surface area contributed by atoms with Crippen LogP contribution in [0.4, 0.5) is 23.7 Å². The number of ether oxygens (including phenoxy) is 1. The largest absolute Gasteiger partial charge is 0.573 e. The summed E-state index contributed by atoms with van der Waals surface area (Å²) in [6.45, 7) is 1.60. The molecule has 0 heterocycles. The van der Waals surface area contributed by atoms with Crippen molar-refractivity contribution < 1.29 is 27.8 Å². The van der Waals surface area contributed by atoms with Crippen molar-refractivity contribution in [3.05, 3.63) is 24.3 Å². The number of anilines is 1. The number of nitrogens with one attached hydrogen (secondary N) is 2. The first-order valence-corrected chi connectivity index (χ1v) is 5.88. The van der Waals surface area contributed by atoms with Crippen LogP contribution in [0.2, 0.25) is 0 Å². The molecule has 0 radical (unpaired) electrons. The second kappa shape index (κ2) is 6.99. The molecule has 1 atom stereocenters. The maximum absolute atomic E-state index is 11.9. The Morgan fingerprint density at radius 1 is 1.35 bits per heavy atom. The summed E-state index contributed by atoms with van der Waals surface area (Å²) in [5.74, 6) is -0.370. The lowest BCUT2D eigenvalue weighted by molar-refractivity contribution is -0.274. The van der Waals surface area contributed by atoms with Gasteiger partial charge in [0.15, 0.2) is 0 Å². The summed E-state index contributed by atoms with van der Waals surface area (Å²) in [5, 5.41) is 13.9. The second-order valence-corrected chi connectivity index (χ2v) is 3.96. The molecule has 1 aromatic carbocycles. The van der Waals surface area contributed by atoms with E-state index in [1.807, 2.05) is 0 Å². The molecule has 0 aliphatic heterocycles. The molecule has 20 heavy (non-hydrogen) atoms. The Morgan fingerprint density at radius 3 is 2.40 bits per heavy atom. The molecule has 0 fully saturated rings. The van der Waals surface area contributed by atoms with E-state index in [1.54, 1.807) is 6.92 Å². The quantitative estimate of drug-likeness (QED) is 0.781. The van der Waals surface area contributed by atoms with Gasteiger partial charge in [0.1, 0.15) is 5.75 Å². The predicted molar refractivity (Wildman–Crippen MR) is 66.4 cm³/mol. The van der Waals surface area contributed by atoms with Crippen LogP contribution in [0.3, 0.4) is 0 Å². The number of aliphatic hydroxyl groups is 1. The normalized spacial score (nSPS) is 12.7. The fourth-order valence-electron chi connectivity index (χ4n) is 1.37. The number of hydrogen-bond donors (Lipinski definition) is 3. The van der Waals surface area contributed by atoms with Crippen LogP contribution in [-0.2, 0) is 0 Å². The third kappa shape index (κ3) is 5.79. The number of aliphatic hydroxyl groups excluding tert-OH is 1. The number of amides is 2. The number of benzene rings is 1. The highest BCUT2D eigenvalue weighted by molar-refractivity contribution is 5.89. The van der Waals surface area contributed by atoms with E-state index in [-0.39, 0.29) is 18.4 Å². The molecule has 0 saturated heterocycles. The number of rotatable bonds is 5. The Kier molecular flexibility index (Phi) is 5.63. The molecular formula is C12H15F3N2O3. The maximum Gasteiger partial charge on any atom is 0.573 e. The van der Waals surface area contributed by atoms with Crippen molar-refractivity contribution in [2.75, 3.05) is 11.9 Å². The summed E-state index contributed by atoms with van der Waals surface area (Å²) < 4.78 is 39.5. The van der Waals surface area contributed by atoms with E-state index in [2.05, 4.69) is 15.4 Å². The van der Waals surface area contributed by atoms with Gasteiger partial charge in [0, 0.05) is 5.69 Å². The Labute approximate surface area is 113 Å². The number of carbonyl (C=O) groups excluding carboxylic acids is 1. The zero-order valence-electron chi connectivity index (χ0n) is 10.7. The lowest BCUT2D eigenvalue weighted by atomic mass is 10.2. The van der Waals surface area contributed by atoms with E-state index in [9.17, 15) is 18.0 Å². The standard InChI is InChI=1S/C12H15F3N2O3/c1-2-8(7-18)16-11(19)17-9-3-5-10(6-4-9)20-12(13,14)15/h3-6,8,18H,2,7H2,1H3,(H2,16,17,19)/t8-/m1/s1. The third-order valence-electron chi connectivity index (χ3n) is 2.39. The van der Waals surface area contributed by atoms with Gasteiger partial charge in [-0.2, -0.15) is 0 Å². The molecule has 0 aliphatic carbocycles. The molecule has 1 rings (SSSR count). The molecule has 0 spiro atoms. The smallest absolute Gasteiger partial charge is 0.406 e. The van der Waals surface area contributed by atoms with Gasteiger partial charge in [-0.15, -0.1) is 13.2 Å². The first-order chi connectivity index (χ1) is 9.34. The van der Waals surface area contributed by atoms with Gasteiger partial charge in [0.05, 0.1) is 12.6 Å². The summed E-state index contributed by atoms with van der Waals surface area (Å²) in [4.78, 5) is 11.5. The minimum atomic E-state index is -4.75. The topological polar surface area (TPSA) is 70.6 Å². The van der Waals surface area contributed by atoms with Crippen LogP contribution >= 0.6 is 0 Å². The average molecular weight is 292 g/mol. The van der Waals surface area contributed by atoms with Gasteiger partial charge < -0.3 is 20.5 Å². The lowest BCUT2D eigenvalue weighted by Gasteiger charge is -2.15. The molecular weight excluding hydrogens is 277 g/mol. The Hall–Kier alpha value is -1.96. The number of urea groups is 1. The van der Waals surface area contributed by atoms with Gasteiger partial charge >= 0.3 is 12.4 Å². The van der Waals surface area contributed by atoms with Gasteiger partial charge in [0.25, 0.3) is 0 Å². The van der Waals surface area contributed by atoms with Crippen molar-refractivity contribution in [1.82, 2.24) is 5.32 Å². The summed E-state index contributed by atoms with van der Waals surface area (Å²) in [6, 6.07) is 3.82. The van der Waals surface area contributed by atoms with Gasteiger partial charge in [-0.3, -0.25) is 0 Å². The van der Waals surface area contributed by atoms with E-state index in [1.165, 1.54) is 12.1 Å². The third-order valence-corrected chi connectivity index (χ3v) is 2.39. The fourth-order valence-corrected chi connectivity index (χ4v) is 1.37.